The summed E-state index contributed by atoms with van der Waals surface area (Å²) in [5, 5.41) is 15.0. The molecule has 7 nitrogen and oxygen atoms in total. The highest BCUT2D eigenvalue weighted by atomic mass is 35.5. The van der Waals surface area contributed by atoms with E-state index in [9.17, 15) is 0 Å². The number of halogens is 1. The van der Waals surface area contributed by atoms with Gasteiger partial charge in [0.15, 0.2) is 11.0 Å². The number of nitrogens with one attached hydrogen (secondary N) is 1. The molecule has 0 bridgehead atoms. The first kappa shape index (κ1) is 16.6. The maximum atomic E-state index is 5.79. The third kappa shape index (κ3) is 3.21. The minimum absolute atomic E-state index is 0. The Bertz CT molecular complexity index is 664. The highest BCUT2D eigenvalue weighted by molar-refractivity contribution is 7.14. The number of anilines is 1. The predicted molar refractivity (Wildman–Crippen MR) is 92.3 cm³/mol. The number of ether oxygens (including phenoxy) is 1. The number of nitrogens with zero attached hydrogens (tertiary/aromatic N) is 5. The Morgan fingerprint density at radius 2 is 2.04 bits per heavy atom. The van der Waals surface area contributed by atoms with Gasteiger partial charge in [-0.3, -0.25) is 0 Å². The van der Waals surface area contributed by atoms with Crippen LogP contribution in [0.5, 0.6) is 0 Å². The lowest BCUT2D eigenvalue weighted by Crippen LogP contribution is -2.45. The first-order valence-corrected chi connectivity index (χ1v) is 8.58. The Hall–Kier alpha value is -1.22. The van der Waals surface area contributed by atoms with Gasteiger partial charge in [0.1, 0.15) is 11.5 Å². The Kier molecular flexibility index (Phi) is 4.86. The van der Waals surface area contributed by atoms with Crippen LogP contribution in [0.1, 0.15) is 19.7 Å². The first-order valence-electron chi connectivity index (χ1n) is 7.70. The van der Waals surface area contributed by atoms with Crippen LogP contribution in [0.15, 0.2) is 5.38 Å². The van der Waals surface area contributed by atoms with E-state index in [1.807, 2.05) is 0 Å². The molecule has 1 saturated heterocycles. The van der Waals surface area contributed by atoms with E-state index < -0.39 is 0 Å². The summed E-state index contributed by atoms with van der Waals surface area (Å²) in [5.74, 6) is 1.87. The summed E-state index contributed by atoms with van der Waals surface area (Å²) in [7, 11) is 0. The van der Waals surface area contributed by atoms with E-state index >= 15 is 0 Å². The second-order valence-electron chi connectivity index (χ2n) is 5.95. The van der Waals surface area contributed by atoms with Crippen molar-refractivity contribution in [2.24, 2.45) is 0 Å². The molecule has 1 N–H and O–H groups in total. The minimum Gasteiger partial charge on any atom is -0.372 e. The largest absolute Gasteiger partial charge is 0.372 e. The van der Waals surface area contributed by atoms with E-state index in [0.717, 1.165) is 55.2 Å². The van der Waals surface area contributed by atoms with Crippen LogP contribution in [0.2, 0.25) is 0 Å². The third-order valence-electron chi connectivity index (χ3n) is 4.03. The van der Waals surface area contributed by atoms with Gasteiger partial charge in [-0.05, 0) is 13.8 Å². The van der Waals surface area contributed by atoms with Crippen molar-refractivity contribution in [3.63, 3.8) is 0 Å². The van der Waals surface area contributed by atoms with Gasteiger partial charge in [0.05, 0.1) is 18.8 Å². The summed E-state index contributed by atoms with van der Waals surface area (Å²) >= 11 is 1.67. The van der Waals surface area contributed by atoms with E-state index in [2.05, 4.69) is 44.2 Å². The van der Waals surface area contributed by atoms with E-state index in [0.29, 0.717) is 0 Å². The molecule has 0 radical (unpaired) electrons. The van der Waals surface area contributed by atoms with Gasteiger partial charge in [-0.25, -0.2) is 4.98 Å². The van der Waals surface area contributed by atoms with Gasteiger partial charge in [-0.15, -0.1) is 33.9 Å². The van der Waals surface area contributed by atoms with E-state index in [4.69, 9.17) is 9.72 Å². The van der Waals surface area contributed by atoms with Crippen molar-refractivity contribution in [2.45, 2.75) is 39.1 Å². The fourth-order valence-corrected chi connectivity index (χ4v) is 3.95. The van der Waals surface area contributed by atoms with Crippen molar-refractivity contribution < 1.29 is 4.74 Å². The summed E-state index contributed by atoms with van der Waals surface area (Å²) in [6, 6.07) is 0. The lowest BCUT2D eigenvalue weighted by atomic mass is 10.2. The maximum Gasteiger partial charge on any atom is 0.186 e. The fraction of sp³-hybridized carbons (Fsp3) is 0.643. The molecular formula is C14H21ClN6OS. The molecule has 2 atom stereocenters. The number of rotatable bonds is 2. The van der Waals surface area contributed by atoms with Crippen molar-refractivity contribution in [2.75, 3.05) is 24.5 Å². The van der Waals surface area contributed by atoms with Crippen LogP contribution in [0.3, 0.4) is 0 Å². The number of hydrogen-bond donors (Lipinski definition) is 1. The lowest BCUT2D eigenvalue weighted by molar-refractivity contribution is -0.00522. The quantitative estimate of drug-likeness (QED) is 0.880. The average molecular weight is 357 g/mol. The molecule has 2 aliphatic heterocycles. The SMILES string of the molecule is CC1CN(c2nc(-c3nnc4n3CCNC4)cs2)CC(C)O1.Cl. The van der Waals surface area contributed by atoms with Crippen molar-refractivity contribution in [1.82, 2.24) is 25.1 Å². The van der Waals surface area contributed by atoms with E-state index in [1.165, 1.54) is 0 Å². The Labute approximate surface area is 145 Å². The molecule has 126 valence electrons. The molecule has 4 rings (SSSR count). The van der Waals surface area contributed by atoms with Crippen LogP contribution >= 0.6 is 23.7 Å². The second kappa shape index (κ2) is 6.72. The van der Waals surface area contributed by atoms with Gasteiger partial charge in [-0.1, -0.05) is 0 Å². The molecule has 0 amide bonds. The lowest BCUT2D eigenvalue weighted by Gasteiger charge is -2.35. The average Bonchev–Trinajstić information content (AvgIpc) is 3.12. The third-order valence-corrected chi connectivity index (χ3v) is 4.94. The molecule has 0 saturated carbocycles. The number of morpholine rings is 1. The van der Waals surface area contributed by atoms with Crippen LogP contribution < -0.4 is 10.2 Å². The van der Waals surface area contributed by atoms with Crippen molar-refractivity contribution in [3.05, 3.63) is 11.2 Å². The molecule has 4 heterocycles. The molecule has 0 aromatic carbocycles. The summed E-state index contributed by atoms with van der Waals surface area (Å²) in [6.07, 6.45) is 0.478. The van der Waals surface area contributed by atoms with Crippen molar-refractivity contribution >= 4 is 28.9 Å². The number of thiazole rings is 1. The van der Waals surface area contributed by atoms with Crippen molar-refractivity contribution in [3.8, 4) is 11.5 Å². The summed E-state index contributed by atoms with van der Waals surface area (Å²) in [4.78, 5) is 7.11. The topological polar surface area (TPSA) is 68.1 Å². The molecule has 2 unspecified atom stereocenters. The Morgan fingerprint density at radius 3 is 2.83 bits per heavy atom. The van der Waals surface area contributed by atoms with Crippen LogP contribution in [-0.4, -0.2) is 51.6 Å². The molecule has 9 heteroatoms. The fourth-order valence-electron chi connectivity index (χ4n) is 3.13. The zero-order chi connectivity index (χ0) is 15.1. The Morgan fingerprint density at radius 1 is 1.26 bits per heavy atom. The molecule has 2 aromatic rings. The monoisotopic (exact) mass is 356 g/mol. The van der Waals surface area contributed by atoms with Crippen LogP contribution in [0.4, 0.5) is 5.13 Å². The molecule has 2 aromatic heterocycles. The molecule has 0 aliphatic carbocycles. The van der Waals surface area contributed by atoms with Gasteiger partial charge in [0, 0.05) is 31.6 Å². The van der Waals surface area contributed by atoms with Gasteiger partial charge < -0.3 is 19.5 Å². The van der Waals surface area contributed by atoms with Crippen LogP contribution in [0, 0.1) is 0 Å². The Balaban J connectivity index is 0.00000156. The van der Waals surface area contributed by atoms with E-state index in [1.54, 1.807) is 11.3 Å². The second-order valence-corrected chi connectivity index (χ2v) is 6.78. The van der Waals surface area contributed by atoms with Gasteiger partial charge in [-0.2, -0.15) is 0 Å². The first-order chi connectivity index (χ1) is 10.7. The summed E-state index contributed by atoms with van der Waals surface area (Å²) in [5.41, 5.74) is 0.924. The van der Waals surface area contributed by atoms with Crippen LogP contribution in [0.25, 0.3) is 11.5 Å². The smallest absolute Gasteiger partial charge is 0.186 e. The standard InChI is InChI=1S/C14H20N6OS.ClH/c1-9-6-19(7-10(2)21-9)14-16-11(8-22-14)13-18-17-12-5-15-3-4-20(12)13;/h8-10,15H,3-7H2,1-2H3;1H. The number of aromatic nitrogens is 4. The number of hydrogen-bond acceptors (Lipinski definition) is 7. The highest BCUT2D eigenvalue weighted by Gasteiger charge is 2.25. The minimum atomic E-state index is 0. The van der Waals surface area contributed by atoms with Crippen molar-refractivity contribution in [1.29, 1.82) is 0 Å². The zero-order valence-electron chi connectivity index (χ0n) is 13.2. The zero-order valence-corrected chi connectivity index (χ0v) is 14.9. The summed E-state index contributed by atoms with van der Waals surface area (Å²) < 4.78 is 7.96. The molecular weight excluding hydrogens is 336 g/mol. The normalized spacial score (nSPS) is 24.2. The van der Waals surface area contributed by atoms with Gasteiger partial charge in [0.25, 0.3) is 0 Å². The number of fused-ring (bicyclic) bond motifs is 1. The highest BCUT2D eigenvalue weighted by Crippen LogP contribution is 2.29. The molecule has 1 fully saturated rings. The molecule has 23 heavy (non-hydrogen) atoms. The van der Waals surface area contributed by atoms with Gasteiger partial charge in [0.2, 0.25) is 0 Å². The maximum absolute atomic E-state index is 5.79. The molecule has 2 aliphatic rings. The van der Waals surface area contributed by atoms with Gasteiger partial charge >= 0.3 is 0 Å². The summed E-state index contributed by atoms with van der Waals surface area (Å²) in [6.45, 7) is 8.63. The van der Waals surface area contributed by atoms with Crippen LogP contribution in [-0.2, 0) is 17.8 Å². The predicted octanol–water partition coefficient (Wildman–Crippen LogP) is 1.54. The van der Waals surface area contributed by atoms with E-state index in [-0.39, 0.29) is 24.6 Å². The molecule has 0 spiro atoms.